The predicted molar refractivity (Wildman–Crippen MR) is 326 cm³/mol. The van der Waals surface area contributed by atoms with E-state index in [1.54, 1.807) is 6.07 Å². The molecule has 476 valence electrons. The first-order valence-electron chi connectivity index (χ1n) is 29.0. The number of halogens is 6. The number of alkyl halides is 6. The quantitative estimate of drug-likeness (QED) is 0.0104. The number of nitrogen functional groups attached to an aromatic ring is 1. The van der Waals surface area contributed by atoms with Crippen LogP contribution in [0.1, 0.15) is 115 Å². The summed E-state index contributed by atoms with van der Waals surface area (Å²) in [6.45, 7) is 5.44. The molecular weight excluding hydrogens is 1180 g/mol. The third-order valence-corrected chi connectivity index (χ3v) is 16.6. The highest BCUT2D eigenvalue weighted by Gasteiger charge is 2.41. The van der Waals surface area contributed by atoms with Crippen LogP contribution in [0.5, 0.6) is 11.5 Å². The number of isocyanates is 1. The number of esters is 1. The summed E-state index contributed by atoms with van der Waals surface area (Å²) in [5.74, 6) is -0.490. The van der Waals surface area contributed by atoms with Crippen LogP contribution in [0.15, 0.2) is 102 Å². The number of ether oxygens (including phenoxy) is 1. The van der Waals surface area contributed by atoms with Crippen molar-refractivity contribution in [1.82, 2.24) is 9.80 Å². The van der Waals surface area contributed by atoms with Gasteiger partial charge in [-0.3, -0.25) is 14.6 Å². The Morgan fingerprint density at radius 3 is 1.60 bits per heavy atom. The van der Waals surface area contributed by atoms with Gasteiger partial charge in [-0.1, -0.05) is 55.8 Å². The van der Waals surface area contributed by atoms with Gasteiger partial charge in [0.25, 0.3) is 0 Å². The van der Waals surface area contributed by atoms with E-state index in [9.17, 15) is 76.5 Å². The Bertz CT molecular complexity index is 3840. The summed E-state index contributed by atoms with van der Waals surface area (Å²) < 4.78 is 81.3. The maximum absolute atomic E-state index is 13.5. The van der Waals surface area contributed by atoms with Crippen molar-refractivity contribution >= 4 is 40.8 Å². The van der Waals surface area contributed by atoms with E-state index < -0.39 is 48.7 Å². The number of nitrogens with two attached hydrogens (primary N) is 1. The van der Waals surface area contributed by atoms with Gasteiger partial charge in [-0.05, 0) is 180 Å². The van der Waals surface area contributed by atoms with Crippen LogP contribution >= 0.6 is 0 Å². The molecule has 90 heavy (non-hydrogen) atoms. The number of aromatic hydroxyl groups is 1. The largest absolute Gasteiger partial charge is 0.507 e. The number of urea groups is 1. The zero-order valence-corrected chi connectivity index (χ0v) is 50.0. The standard InChI is InChI=1S/C37H36F3N3O6.C20H24N2O4.C8H4F3NO.C2H6/c1-20-3-5-21(6-4-20)13-31(47)49-35-24(18-45)15-29(42-36(48)41-26-9-7-25(8-10-26)37(38,39)40)27-16-30-32-22(11-12-43(30)2)14-23(17-44)28(19-46)33(32)34(27)35;1-22-3-2-10-4-11(7-23)14(9-25)18-17(10)16(22)6-13-15(21)5-12(8-24)20(26)19(13)18;9-8(10,11)6-1-3-7(4-2-6)12-5-13;1-2/h3-10,14-15,30,44-46H,11-13,16-19H2,1-2H3,(H2,41,42,48);4-5,16,23-26H,2-3,6-9,21H2,1H3;1-4H;1-2H3. The van der Waals surface area contributed by atoms with E-state index in [-0.39, 0.29) is 79.1 Å². The Labute approximate surface area is 515 Å². The highest BCUT2D eigenvalue weighted by molar-refractivity contribution is 6.02. The summed E-state index contributed by atoms with van der Waals surface area (Å²) in [5, 5.41) is 77.4. The summed E-state index contributed by atoms with van der Waals surface area (Å²) in [6, 6.07) is 21.5. The molecule has 11 rings (SSSR count). The number of aryl methyl sites for hydroxylation is 1. The van der Waals surface area contributed by atoms with Gasteiger partial charge in [0.05, 0.1) is 62.9 Å². The molecule has 2 heterocycles. The molecule has 2 atom stereocenters. The van der Waals surface area contributed by atoms with Crippen LogP contribution in [0.4, 0.5) is 53.9 Å². The van der Waals surface area contributed by atoms with Gasteiger partial charge in [0.1, 0.15) is 11.5 Å². The summed E-state index contributed by atoms with van der Waals surface area (Å²) in [4.78, 5) is 44.1. The van der Waals surface area contributed by atoms with Crippen LogP contribution < -0.4 is 21.1 Å². The number of phenols is 1. The van der Waals surface area contributed by atoms with Gasteiger partial charge in [-0.2, -0.15) is 31.3 Å². The minimum atomic E-state index is -4.53. The molecular formula is C67H70F6N6O11. The first-order chi connectivity index (χ1) is 43.0. The number of anilines is 3. The Balaban J connectivity index is 0.000000210. The summed E-state index contributed by atoms with van der Waals surface area (Å²) in [6.07, 6.45) is -5.16. The number of fused-ring (bicyclic) bond motifs is 4. The van der Waals surface area contributed by atoms with Crippen LogP contribution in [0, 0.1) is 6.92 Å². The van der Waals surface area contributed by atoms with Crippen molar-refractivity contribution in [2.24, 2.45) is 4.99 Å². The molecule has 4 aliphatic rings. The zero-order chi connectivity index (χ0) is 65.5. The lowest BCUT2D eigenvalue weighted by Gasteiger charge is -2.42. The van der Waals surface area contributed by atoms with Crippen molar-refractivity contribution in [3.63, 3.8) is 0 Å². The second kappa shape index (κ2) is 28.6. The van der Waals surface area contributed by atoms with Crippen molar-refractivity contribution in [1.29, 1.82) is 0 Å². The summed E-state index contributed by atoms with van der Waals surface area (Å²) in [7, 11) is 4.04. The maximum atomic E-state index is 13.5. The summed E-state index contributed by atoms with van der Waals surface area (Å²) >= 11 is 0. The molecule has 7 aromatic carbocycles. The van der Waals surface area contributed by atoms with E-state index in [1.807, 2.05) is 64.2 Å². The molecule has 0 bridgehead atoms. The number of aliphatic imine (C=N–C) groups is 1. The molecule has 17 nitrogen and oxygen atoms in total. The number of hydrogen-bond acceptors (Lipinski definition) is 15. The first-order valence-corrected chi connectivity index (χ1v) is 29.0. The van der Waals surface area contributed by atoms with E-state index >= 15 is 0 Å². The van der Waals surface area contributed by atoms with Crippen LogP contribution in [0.2, 0.25) is 0 Å². The van der Waals surface area contributed by atoms with Crippen LogP contribution in [-0.4, -0.2) is 90.8 Å². The Hall–Kier alpha value is -8.48. The molecule has 0 saturated heterocycles. The Morgan fingerprint density at radius 1 is 0.633 bits per heavy atom. The van der Waals surface area contributed by atoms with E-state index in [0.29, 0.717) is 81.6 Å². The zero-order valence-electron chi connectivity index (χ0n) is 50.0. The molecule has 0 saturated carbocycles. The number of rotatable bonds is 12. The summed E-state index contributed by atoms with van der Waals surface area (Å²) in [5.41, 5.74) is 18.2. The minimum absolute atomic E-state index is 0.00960. The fourth-order valence-corrected chi connectivity index (χ4v) is 12.2. The van der Waals surface area contributed by atoms with Crippen LogP contribution in [0.3, 0.4) is 0 Å². The SMILES string of the molecule is CC.CN1CCc2cc(CO)c(CO)c3c2C1Cc1c(N)cc(CO)c(O)c1-3.Cc1ccc(CC(=O)Oc2c(CO)cc(NC(=O)Nc3ccc(C(F)(F)F)cc3)c3c2-c2c(CO)c(CO)cc4c2C(C3)N(C)CC4)cc1.O=C=Nc1ccc(C(F)(F)F)cc1. The number of benzene rings is 7. The average molecular weight is 1250 g/mol. The number of likely N-dealkylation sites (N-methyl/N-ethyl adjacent to an activating group) is 2. The lowest BCUT2D eigenvalue weighted by molar-refractivity contribution is -0.138. The second-order valence-electron chi connectivity index (χ2n) is 21.9. The topological polar surface area (TPSA) is 271 Å². The van der Waals surface area contributed by atoms with Crippen molar-refractivity contribution in [3.05, 3.63) is 186 Å². The van der Waals surface area contributed by atoms with Gasteiger partial charge in [-0.15, -0.1) is 0 Å². The van der Waals surface area contributed by atoms with E-state index in [2.05, 4.69) is 32.5 Å². The number of carbonyl (C=O) groups is 2. The van der Waals surface area contributed by atoms with Gasteiger partial charge in [0.15, 0.2) is 0 Å². The van der Waals surface area contributed by atoms with E-state index in [1.165, 1.54) is 12.1 Å². The van der Waals surface area contributed by atoms with Crippen molar-refractivity contribution < 1.29 is 81.2 Å². The minimum Gasteiger partial charge on any atom is -0.507 e. The lowest BCUT2D eigenvalue weighted by atomic mass is 9.73. The van der Waals surface area contributed by atoms with Gasteiger partial charge in [0.2, 0.25) is 6.08 Å². The molecule has 0 spiro atoms. The molecule has 0 radical (unpaired) electrons. The highest BCUT2D eigenvalue weighted by atomic mass is 19.4. The van der Waals surface area contributed by atoms with Crippen LogP contribution in [0.25, 0.3) is 22.3 Å². The van der Waals surface area contributed by atoms with E-state index in [4.69, 9.17) is 10.5 Å². The maximum Gasteiger partial charge on any atom is 0.416 e. The van der Waals surface area contributed by atoms with Gasteiger partial charge in [-0.25, -0.2) is 9.59 Å². The second-order valence-corrected chi connectivity index (χ2v) is 21.9. The Morgan fingerprint density at radius 2 is 1.12 bits per heavy atom. The monoisotopic (exact) mass is 1250 g/mol. The fraction of sp³-hybridized carbons (Fsp3) is 0.328. The number of nitrogens with zero attached hydrogens (tertiary/aromatic N) is 3. The van der Waals surface area contributed by atoms with Gasteiger partial charge in [0, 0.05) is 64.5 Å². The smallest absolute Gasteiger partial charge is 0.416 e. The number of carbonyl (C=O) groups excluding carboxylic acids is 3. The molecule has 2 unspecified atom stereocenters. The number of amides is 2. The third-order valence-electron chi connectivity index (χ3n) is 16.6. The predicted octanol–water partition coefficient (Wildman–Crippen LogP) is 10.9. The van der Waals surface area contributed by atoms with Crippen molar-refractivity contribution in [2.45, 2.75) is 117 Å². The highest BCUT2D eigenvalue weighted by Crippen LogP contribution is 2.55. The Kier molecular flexibility index (Phi) is 21.4. The fourth-order valence-electron chi connectivity index (χ4n) is 12.2. The van der Waals surface area contributed by atoms with Crippen LogP contribution in [-0.2, 0) is 93.7 Å². The van der Waals surface area contributed by atoms with E-state index in [0.717, 1.165) is 106 Å². The molecule has 2 amide bonds. The number of aliphatic hydroxyl groups is 6. The van der Waals surface area contributed by atoms with Crippen molar-refractivity contribution in [2.75, 3.05) is 43.6 Å². The molecule has 2 aliphatic heterocycles. The third kappa shape index (κ3) is 14.1. The molecule has 11 N–H and O–H groups in total. The average Bonchev–Trinajstić information content (AvgIpc) is 0.726. The molecule has 23 heteroatoms. The number of nitrogens with one attached hydrogen (secondary N) is 2. The normalized spacial score (nSPS) is 15.3. The van der Waals surface area contributed by atoms with Gasteiger partial charge >= 0.3 is 24.4 Å². The lowest BCUT2D eigenvalue weighted by Crippen LogP contribution is -2.37. The van der Waals surface area contributed by atoms with Crippen molar-refractivity contribution in [3.8, 4) is 33.8 Å². The first kappa shape index (κ1) is 67.5. The molecule has 0 fully saturated rings. The molecule has 0 aromatic heterocycles. The van der Waals surface area contributed by atoms with Gasteiger partial charge < -0.3 is 56.8 Å². The number of hydrogen-bond donors (Lipinski definition) is 10. The molecule has 7 aromatic rings. The molecule has 2 aliphatic carbocycles. The number of aliphatic hydroxyl groups excluding tert-OH is 6.